The molecule has 20 heavy (non-hydrogen) atoms. The molecular weight excluding hydrogens is 255 g/mol. The third-order valence-corrected chi connectivity index (χ3v) is 3.19. The predicted molar refractivity (Wildman–Crippen MR) is 79.9 cm³/mol. The summed E-state index contributed by atoms with van der Waals surface area (Å²) >= 11 is 0. The van der Waals surface area contributed by atoms with Gasteiger partial charge in [-0.25, -0.2) is 4.39 Å². The molecule has 0 unspecified atom stereocenters. The van der Waals surface area contributed by atoms with Crippen LogP contribution in [-0.4, -0.2) is 20.0 Å². The fraction of sp³-hybridized carbons (Fsp3) is 0.188. The monoisotopic (exact) mass is 272 g/mol. The topological polar surface area (TPSA) is 32.3 Å². The number of para-hydroxylation sites is 1. The van der Waals surface area contributed by atoms with Gasteiger partial charge in [0.05, 0.1) is 11.3 Å². The Labute approximate surface area is 118 Å². The van der Waals surface area contributed by atoms with Crippen LogP contribution in [0.1, 0.15) is 15.9 Å². The van der Waals surface area contributed by atoms with Crippen molar-refractivity contribution >= 4 is 17.3 Å². The van der Waals surface area contributed by atoms with Crippen LogP contribution in [0.4, 0.5) is 15.8 Å². The van der Waals surface area contributed by atoms with Crippen LogP contribution >= 0.6 is 0 Å². The van der Waals surface area contributed by atoms with Crippen LogP contribution < -0.4 is 10.2 Å². The first-order valence-corrected chi connectivity index (χ1v) is 6.35. The molecule has 1 N–H and O–H groups in total. The number of halogens is 1. The van der Waals surface area contributed by atoms with Gasteiger partial charge in [-0.2, -0.15) is 0 Å². The lowest BCUT2D eigenvalue weighted by atomic mass is 10.1. The number of nitrogens with zero attached hydrogens (tertiary/aromatic N) is 1. The minimum atomic E-state index is -0.415. The van der Waals surface area contributed by atoms with Crippen molar-refractivity contribution in [1.82, 2.24) is 0 Å². The largest absolute Gasteiger partial charge is 0.387 e. The van der Waals surface area contributed by atoms with Crippen molar-refractivity contribution in [2.24, 2.45) is 0 Å². The average Bonchev–Trinajstić information content (AvgIpc) is 2.46. The molecule has 2 aromatic carbocycles. The highest BCUT2D eigenvalue weighted by Crippen LogP contribution is 2.23. The third kappa shape index (κ3) is 2.64. The van der Waals surface area contributed by atoms with Crippen molar-refractivity contribution < 1.29 is 9.18 Å². The number of rotatable bonds is 3. The van der Waals surface area contributed by atoms with Crippen molar-refractivity contribution in [1.29, 1.82) is 0 Å². The molecule has 0 saturated carbocycles. The molecule has 0 radical (unpaired) electrons. The van der Waals surface area contributed by atoms with Crippen LogP contribution in [0.15, 0.2) is 42.5 Å². The van der Waals surface area contributed by atoms with Gasteiger partial charge in [0.2, 0.25) is 0 Å². The Morgan fingerprint density at radius 2 is 1.90 bits per heavy atom. The predicted octanol–water partition coefficient (Wildman–Crippen LogP) is 3.45. The molecule has 2 rings (SSSR count). The molecule has 4 heteroatoms. The summed E-state index contributed by atoms with van der Waals surface area (Å²) in [6.07, 6.45) is 0. The van der Waals surface area contributed by atoms with E-state index in [-0.39, 0.29) is 11.6 Å². The summed E-state index contributed by atoms with van der Waals surface area (Å²) in [5.74, 6) is -0.666. The van der Waals surface area contributed by atoms with E-state index in [4.69, 9.17) is 0 Å². The lowest BCUT2D eigenvalue weighted by Gasteiger charge is -2.20. The minimum absolute atomic E-state index is 0.251. The van der Waals surface area contributed by atoms with Crippen LogP contribution in [0, 0.1) is 12.7 Å². The molecule has 0 bridgehead atoms. The normalized spacial score (nSPS) is 10.2. The van der Waals surface area contributed by atoms with Gasteiger partial charge in [-0.3, -0.25) is 4.79 Å². The summed E-state index contributed by atoms with van der Waals surface area (Å²) in [6.45, 7) is 1.95. The van der Waals surface area contributed by atoms with E-state index in [2.05, 4.69) is 5.32 Å². The summed E-state index contributed by atoms with van der Waals surface area (Å²) in [6, 6.07) is 11.7. The third-order valence-electron chi connectivity index (χ3n) is 3.19. The van der Waals surface area contributed by atoms with E-state index >= 15 is 0 Å². The number of benzene rings is 2. The molecule has 0 aliphatic carbocycles. The Kier molecular flexibility index (Phi) is 4.03. The first-order valence-electron chi connectivity index (χ1n) is 6.35. The molecule has 0 atom stereocenters. The van der Waals surface area contributed by atoms with Gasteiger partial charge in [0.25, 0.3) is 5.91 Å². The number of amides is 1. The van der Waals surface area contributed by atoms with Crippen molar-refractivity contribution in [3.63, 3.8) is 0 Å². The maximum absolute atomic E-state index is 13.8. The van der Waals surface area contributed by atoms with Gasteiger partial charge in [-0.15, -0.1) is 0 Å². The lowest BCUT2D eigenvalue weighted by molar-refractivity contribution is 0.0993. The summed E-state index contributed by atoms with van der Waals surface area (Å²) in [7, 11) is 3.33. The molecule has 0 aliphatic heterocycles. The number of hydrogen-bond donors (Lipinski definition) is 1. The number of anilines is 2. The van der Waals surface area contributed by atoms with E-state index in [1.54, 1.807) is 38.4 Å². The van der Waals surface area contributed by atoms with Crippen molar-refractivity contribution in [3.05, 3.63) is 59.4 Å². The summed E-state index contributed by atoms with van der Waals surface area (Å²) < 4.78 is 13.8. The fourth-order valence-corrected chi connectivity index (χ4v) is 2.07. The number of nitrogens with one attached hydrogen (secondary N) is 1. The molecule has 2 aromatic rings. The van der Waals surface area contributed by atoms with Gasteiger partial charge >= 0.3 is 0 Å². The Morgan fingerprint density at radius 1 is 1.20 bits per heavy atom. The van der Waals surface area contributed by atoms with Gasteiger partial charge in [0.15, 0.2) is 0 Å². The minimum Gasteiger partial charge on any atom is -0.387 e. The summed E-state index contributed by atoms with van der Waals surface area (Å²) in [5.41, 5.74) is 2.57. The smallest absolute Gasteiger partial charge is 0.260 e. The van der Waals surface area contributed by atoms with Crippen molar-refractivity contribution in [3.8, 4) is 0 Å². The van der Waals surface area contributed by atoms with E-state index in [0.29, 0.717) is 5.56 Å². The second-order valence-corrected chi connectivity index (χ2v) is 4.61. The second-order valence-electron chi connectivity index (χ2n) is 4.61. The molecule has 0 fully saturated rings. The fourth-order valence-electron chi connectivity index (χ4n) is 2.07. The average molecular weight is 272 g/mol. The van der Waals surface area contributed by atoms with Gasteiger partial charge in [-0.1, -0.05) is 18.2 Å². The van der Waals surface area contributed by atoms with Crippen LogP contribution in [0.25, 0.3) is 0 Å². The van der Waals surface area contributed by atoms with E-state index in [1.165, 1.54) is 11.0 Å². The zero-order valence-electron chi connectivity index (χ0n) is 11.8. The quantitative estimate of drug-likeness (QED) is 0.928. The molecule has 0 spiro atoms. The van der Waals surface area contributed by atoms with Crippen LogP contribution in [0.5, 0.6) is 0 Å². The van der Waals surface area contributed by atoms with Gasteiger partial charge in [0, 0.05) is 19.8 Å². The molecule has 0 heterocycles. The van der Waals surface area contributed by atoms with E-state index in [1.807, 2.05) is 19.1 Å². The number of carbonyl (C=O) groups excluding carboxylic acids is 1. The Bertz CT molecular complexity index is 640. The second kappa shape index (κ2) is 5.74. The first kappa shape index (κ1) is 14.1. The number of carbonyl (C=O) groups is 1. The highest BCUT2D eigenvalue weighted by molar-refractivity contribution is 6.09. The highest BCUT2D eigenvalue weighted by atomic mass is 19.1. The van der Waals surface area contributed by atoms with Crippen LogP contribution in [-0.2, 0) is 0 Å². The lowest BCUT2D eigenvalue weighted by Crippen LogP contribution is -2.27. The SMILES string of the molecule is CNc1cc(C)ccc1C(=O)N(C)c1ccccc1F. The summed E-state index contributed by atoms with van der Waals surface area (Å²) in [4.78, 5) is 13.8. The first-order chi connectivity index (χ1) is 9.54. The molecule has 0 aliphatic rings. The van der Waals surface area contributed by atoms with Gasteiger partial charge in [-0.05, 0) is 36.8 Å². The zero-order chi connectivity index (χ0) is 14.7. The molecule has 0 aromatic heterocycles. The van der Waals surface area contributed by atoms with Gasteiger partial charge in [0.1, 0.15) is 5.82 Å². The molecule has 0 saturated heterocycles. The highest BCUT2D eigenvalue weighted by Gasteiger charge is 2.18. The number of aryl methyl sites for hydroxylation is 1. The van der Waals surface area contributed by atoms with Crippen molar-refractivity contribution in [2.45, 2.75) is 6.92 Å². The molecule has 3 nitrogen and oxygen atoms in total. The molecular formula is C16H17FN2O. The van der Waals surface area contributed by atoms with E-state index in [9.17, 15) is 9.18 Å². The standard InChI is InChI=1S/C16H17FN2O/c1-11-8-9-12(14(10-11)18-2)16(20)19(3)15-7-5-4-6-13(15)17/h4-10,18H,1-3H3. The van der Waals surface area contributed by atoms with Crippen LogP contribution in [0.3, 0.4) is 0 Å². The van der Waals surface area contributed by atoms with Crippen LogP contribution in [0.2, 0.25) is 0 Å². The maximum Gasteiger partial charge on any atom is 0.260 e. The van der Waals surface area contributed by atoms with E-state index in [0.717, 1.165) is 11.3 Å². The molecule has 104 valence electrons. The number of hydrogen-bond acceptors (Lipinski definition) is 2. The van der Waals surface area contributed by atoms with E-state index < -0.39 is 5.82 Å². The Hall–Kier alpha value is -2.36. The van der Waals surface area contributed by atoms with Gasteiger partial charge < -0.3 is 10.2 Å². The summed E-state index contributed by atoms with van der Waals surface area (Å²) in [5, 5.41) is 3.00. The zero-order valence-corrected chi connectivity index (χ0v) is 11.8. The Balaban J connectivity index is 2.39. The Morgan fingerprint density at radius 3 is 2.55 bits per heavy atom. The maximum atomic E-state index is 13.8. The molecule has 1 amide bonds. The van der Waals surface area contributed by atoms with Crippen molar-refractivity contribution in [2.75, 3.05) is 24.3 Å².